The van der Waals surface area contributed by atoms with Crippen molar-refractivity contribution in [2.45, 2.75) is 25.8 Å². The Kier molecular flexibility index (Phi) is 4.14. The van der Waals surface area contributed by atoms with Crippen LogP contribution in [0.25, 0.3) is 0 Å². The lowest BCUT2D eigenvalue weighted by Gasteiger charge is -2.23. The zero-order valence-electron chi connectivity index (χ0n) is 14.4. The van der Waals surface area contributed by atoms with Gasteiger partial charge in [0.25, 0.3) is 0 Å². The molecular formula is C19H20N2O5. The molecule has 7 heteroatoms. The minimum atomic E-state index is -0.867. The highest BCUT2D eigenvalue weighted by Gasteiger charge is 2.50. The molecular weight excluding hydrogens is 336 g/mol. The molecule has 3 amide bonds. The Labute approximate surface area is 150 Å². The van der Waals surface area contributed by atoms with Crippen molar-refractivity contribution in [2.75, 3.05) is 18.5 Å². The van der Waals surface area contributed by atoms with E-state index in [0.717, 1.165) is 4.90 Å². The molecule has 0 saturated carbocycles. The highest BCUT2D eigenvalue weighted by molar-refractivity contribution is 6.10. The largest absolute Gasteiger partial charge is 0.486 e. The van der Waals surface area contributed by atoms with Crippen LogP contribution in [0.4, 0.5) is 5.69 Å². The van der Waals surface area contributed by atoms with E-state index in [1.807, 2.05) is 12.2 Å². The van der Waals surface area contributed by atoms with Crippen LogP contribution in [0, 0.1) is 11.8 Å². The number of carbonyl (C=O) groups excluding carboxylic acids is 3. The second kappa shape index (κ2) is 6.48. The first-order valence-corrected chi connectivity index (χ1v) is 8.78. The molecule has 0 spiro atoms. The first kappa shape index (κ1) is 16.6. The number of carbonyl (C=O) groups is 3. The summed E-state index contributed by atoms with van der Waals surface area (Å²) in [5.74, 6) is -0.400. The number of ether oxygens (including phenoxy) is 2. The van der Waals surface area contributed by atoms with Gasteiger partial charge in [0.1, 0.15) is 19.3 Å². The van der Waals surface area contributed by atoms with Crippen LogP contribution in [0.3, 0.4) is 0 Å². The molecule has 1 fully saturated rings. The molecule has 3 aliphatic rings. The number of benzene rings is 1. The van der Waals surface area contributed by atoms with Crippen LogP contribution in [0.2, 0.25) is 0 Å². The predicted molar refractivity (Wildman–Crippen MR) is 92.7 cm³/mol. The maximum atomic E-state index is 12.6. The highest BCUT2D eigenvalue weighted by atomic mass is 16.6. The van der Waals surface area contributed by atoms with Crippen molar-refractivity contribution >= 4 is 23.4 Å². The summed E-state index contributed by atoms with van der Waals surface area (Å²) in [5.41, 5.74) is 0.532. The Balaban J connectivity index is 1.48. The predicted octanol–water partition coefficient (Wildman–Crippen LogP) is 1.74. The number of hydrogen-bond donors (Lipinski definition) is 1. The van der Waals surface area contributed by atoms with E-state index in [4.69, 9.17) is 9.47 Å². The van der Waals surface area contributed by atoms with Crippen LogP contribution < -0.4 is 14.8 Å². The van der Waals surface area contributed by atoms with E-state index in [-0.39, 0.29) is 23.7 Å². The van der Waals surface area contributed by atoms with Crippen molar-refractivity contribution in [3.63, 3.8) is 0 Å². The molecule has 136 valence electrons. The molecule has 26 heavy (non-hydrogen) atoms. The average Bonchev–Trinajstić information content (AvgIpc) is 2.92. The molecule has 0 aromatic heterocycles. The Morgan fingerprint density at radius 2 is 1.69 bits per heavy atom. The van der Waals surface area contributed by atoms with Gasteiger partial charge in [-0.05, 0) is 31.9 Å². The Bertz CT molecular complexity index is 777. The van der Waals surface area contributed by atoms with Gasteiger partial charge in [0.05, 0.1) is 11.8 Å². The van der Waals surface area contributed by atoms with E-state index in [0.29, 0.717) is 43.2 Å². The number of rotatable bonds is 3. The molecule has 1 saturated heterocycles. The molecule has 0 bridgehead atoms. The molecule has 1 aliphatic carbocycles. The molecule has 2 aliphatic heterocycles. The molecule has 4 rings (SSSR count). The molecule has 7 nitrogen and oxygen atoms in total. The summed E-state index contributed by atoms with van der Waals surface area (Å²) < 4.78 is 11.0. The fourth-order valence-corrected chi connectivity index (χ4v) is 3.69. The smallest absolute Gasteiger partial charge is 0.247 e. The van der Waals surface area contributed by atoms with E-state index in [1.165, 1.54) is 0 Å². The van der Waals surface area contributed by atoms with E-state index in [2.05, 4.69) is 5.32 Å². The van der Waals surface area contributed by atoms with E-state index in [1.54, 1.807) is 25.1 Å². The van der Waals surface area contributed by atoms with E-state index in [9.17, 15) is 14.4 Å². The number of imide groups is 1. The van der Waals surface area contributed by atoms with Crippen LogP contribution >= 0.6 is 0 Å². The molecule has 3 atom stereocenters. The number of nitrogens with one attached hydrogen (secondary N) is 1. The van der Waals surface area contributed by atoms with Crippen molar-refractivity contribution in [3.05, 3.63) is 30.4 Å². The molecule has 1 N–H and O–H groups in total. The maximum absolute atomic E-state index is 12.6. The fourth-order valence-electron chi connectivity index (χ4n) is 3.69. The summed E-state index contributed by atoms with van der Waals surface area (Å²) in [6, 6.07) is 4.24. The lowest BCUT2D eigenvalue weighted by atomic mass is 9.85. The first-order chi connectivity index (χ1) is 12.6. The third-order valence-electron chi connectivity index (χ3n) is 5.12. The van der Waals surface area contributed by atoms with E-state index < -0.39 is 11.9 Å². The number of fused-ring (bicyclic) bond motifs is 2. The molecule has 2 heterocycles. The minimum absolute atomic E-state index is 0.255. The third-order valence-corrected chi connectivity index (χ3v) is 5.12. The Hall–Kier alpha value is -2.83. The minimum Gasteiger partial charge on any atom is -0.486 e. The summed E-state index contributed by atoms with van der Waals surface area (Å²) in [6.45, 7) is 2.52. The maximum Gasteiger partial charge on any atom is 0.247 e. The molecule has 0 unspecified atom stereocenters. The summed E-state index contributed by atoms with van der Waals surface area (Å²) in [5, 5.41) is 2.75. The van der Waals surface area contributed by atoms with Crippen LogP contribution in [0.1, 0.15) is 19.8 Å². The summed E-state index contributed by atoms with van der Waals surface area (Å²) in [6.07, 6.45) is 4.97. The summed E-state index contributed by atoms with van der Waals surface area (Å²) in [7, 11) is 0. The molecule has 1 aromatic carbocycles. The monoisotopic (exact) mass is 356 g/mol. The number of likely N-dealkylation sites (tertiary alicyclic amines) is 1. The van der Waals surface area contributed by atoms with Gasteiger partial charge < -0.3 is 14.8 Å². The fraction of sp³-hybridized carbons (Fsp3) is 0.421. The molecule has 1 aromatic rings. The van der Waals surface area contributed by atoms with Crippen molar-refractivity contribution in [2.24, 2.45) is 11.8 Å². The van der Waals surface area contributed by atoms with Gasteiger partial charge >= 0.3 is 0 Å². The number of nitrogens with zero attached hydrogens (tertiary/aromatic N) is 1. The third kappa shape index (κ3) is 2.73. The van der Waals surface area contributed by atoms with Gasteiger partial charge in [0.2, 0.25) is 17.7 Å². The second-order valence-corrected chi connectivity index (χ2v) is 6.73. The normalized spacial score (nSPS) is 25.0. The standard InChI is InChI=1S/C19H20N2O5/c1-11(21-18(23)13-4-2-3-5-14(13)19(21)24)17(22)20-12-6-7-15-16(10-12)26-9-8-25-15/h2-3,6-7,10-11,13-14H,4-5,8-9H2,1H3,(H,20,22)/t11-,13+,14+/m1/s1. The van der Waals surface area contributed by atoms with Crippen LogP contribution in [-0.2, 0) is 14.4 Å². The number of anilines is 1. The average molecular weight is 356 g/mol. The van der Waals surface area contributed by atoms with E-state index >= 15 is 0 Å². The van der Waals surface area contributed by atoms with Gasteiger partial charge in [0, 0.05) is 11.8 Å². The van der Waals surface area contributed by atoms with Gasteiger partial charge in [-0.2, -0.15) is 0 Å². The summed E-state index contributed by atoms with van der Waals surface area (Å²) >= 11 is 0. The zero-order valence-corrected chi connectivity index (χ0v) is 14.4. The quantitative estimate of drug-likeness (QED) is 0.659. The number of allylic oxidation sites excluding steroid dienone is 2. The van der Waals surface area contributed by atoms with Crippen LogP contribution in [-0.4, -0.2) is 41.9 Å². The van der Waals surface area contributed by atoms with Gasteiger partial charge in [-0.15, -0.1) is 0 Å². The number of hydrogen-bond acceptors (Lipinski definition) is 5. The van der Waals surface area contributed by atoms with Crippen LogP contribution in [0.5, 0.6) is 11.5 Å². The van der Waals surface area contributed by atoms with Crippen molar-refractivity contribution in [1.29, 1.82) is 0 Å². The lowest BCUT2D eigenvalue weighted by Crippen LogP contribution is -2.46. The highest BCUT2D eigenvalue weighted by Crippen LogP contribution is 2.36. The number of amides is 3. The molecule has 0 radical (unpaired) electrons. The first-order valence-electron chi connectivity index (χ1n) is 8.78. The Morgan fingerprint density at radius 3 is 2.35 bits per heavy atom. The zero-order chi connectivity index (χ0) is 18.3. The van der Waals surface area contributed by atoms with Crippen LogP contribution in [0.15, 0.2) is 30.4 Å². The summed E-state index contributed by atoms with van der Waals surface area (Å²) in [4.78, 5) is 38.9. The lowest BCUT2D eigenvalue weighted by molar-refractivity contribution is -0.146. The van der Waals surface area contributed by atoms with Gasteiger partial charge in [-0.3, -0.25) is 19.3 Å². The van der Waals surface area contributed by atoms with Gasteiger partial charge in [-0.1, -0.05) is 12.2 Å². The van der Waals surface area contributed by atoms with Crippen molar-refractivity contribution in [3.8, 4) is 11.5 Å². The van der Waals surface area contributed by atoms with Gasteiger partial charge in [0.15, 0.2) is 11.5 Å². The van der Waals surface area contributed by atoms with Crippen molar-refractivity contribution < 1.29 is 23.9 Å². The Morgan fingerprint density at radius 1 is 1.08 bits per heavy atom. The van der Waals surface area contributed by atoms with Gasteiger partial charge in [-0.25, -0.2) is 0 Å². The van der Waals surface area contributed by atoms with Crippen molar-refractivity contribution in [1.82, 2.24) is 4.90 Å². The topological polar surface area (TPSA) is 84.9 Å². The SMILES string of the molecule is C[C@H](C(=O)Nc1ccc2c(c1)OCCO2)N1C(=O)[C@H]2CC=CC[C@@H]2C1=O. The second-order valence-electron chi connectivity index (χ2n) is 6.73.